The summed E-state index contributed by atoms with van der Waals surface area (Å²) in [6, 6.07) is 1.21. The molecule has 16 heavy (non-hydrogen) atoms. The highest BCUT2D eigenvalue weighted by molar-refractivity contribution is 5.92. The van der Waals surface area contributed by atoms with Gasteiger partial charge in [0.1, 0.15) is 5.69 Å². The lowest BCUT2D eigenvalue weighted by Crippen LogP contribution is -2.36. The number of carbonyl (C=O) groups is 2. The molecule has 88 valence electrons. The number of hydrogen-bond acceptors (Lipinski definition) is 3. The molecule has 0 aromatic carbocycles. The Balaban J connectivity index is 2.54. The van der Waals surface area contributed by atoms with E-state index in [1.54, 1.807) is 6.07 Å². The van der Waals surface area contributed by atoms with Crippen molar-refractivity contribution < 1.29 is 14.7 Å². The number of nitrogens with zero attached hydrogens (tertiary/aromatic N) is 1. The lowest BCUT2D eigenvalue weighted by molar-refractivity contribution is -0.137. The van der Waals surface area contributed by atoms with Crippen molar-refractivity contribution in [3.63, 3.8) is 0 Å². The van der Waals surface area contributed by atoms with Crippen LogP contribution in [0.15, 0.2) is 12.3 Å². The number of nitrogens with one attached hydrogen (secondary N) is 2. The third-order valence-electron chi connectivity index (χ3n) is 2.14. The van der Waals surface area contributed by atoms with Crippen molar-refractivity contribution >= 4 is 11.9 Å². The number of rotatable bonds is 6. The molecule has 1 amide bonds. The summed E-state index contributed by atoms with van der Waals surface area (Å²) < 4.78 is 0. The van der Waals surface area contributed by atoms with Gasteiger partial charge in [-0.15, -0.1) is 0 Å². The van der Waals surface area contributed by atoms with Crippen LogP contribution in [0.2, 0.25) is 0 Å². The summed E-state index contributed by atoms with van der Waals surface area (Å²) in [6.07, 6.45) is 2.88. The molecule has 0 aliphatic rings. The molecule has 1 heterocycles. The van der Waals surface area contributed by atoms with Crippen LogP contribution in [0.4, 0.5) is 0 Å². The van der Waals surface area contributed by atoms with Crippen LogP contribution in [0.25, 0.3) is 0 Å². The van der Waals surface area contributed by atoms with Crippen molar-refractivity contribution in [2.75, 3.05) is 0 Å². The van der Waals surface area contributed by atoms with Gasteiger partial charge < -0.3 is 10.4 Å². The number of aromatic nitrogens is 2. The predicted octanol–water partition coefficient (Wildman–Crippen LogP) is 0.783. The number of hydrogen-bond donors (Lipinski definition) is 3. The number of carboxylic acids is 1. The van der Waals surface area contributed by atoms with Crippen LogP contribution in [0, 0.1) is 0 Å². The number of aromatic amines is 1. The van der Waals surface area contributed by atoms with Crippen LogP contribution in [-0.4, -0.2) is 33.2 Å². The molecule has 0 saturated carbocycles. The first-order valence-corrected chi connectivity index (χ1v) is 5.15. The van der Waals surface area contributed by atoms with Gasteiger partial charge in [0.05, 0.1) is 6.42 Å². The standard InChI is InChI=1S/C10H15N3O3/c1-2-3-7(6-9(14)15)12-10(16)8-4-5-11-13-8/h4-5,7H,2-3,6H2,1H3,(H,11,13)(H,12,16)(H,14,15). The first kappa shape index (κ1) is 12.2. The van der Waals surface area contributed by atoms with E-state index in [0.29, 0.717) is 12.1 Å². The van der Waals surface area contributed by atoms with E-state index in [2.05, 4.69) is 15.5 Å². The average molecular weight is 225 g/mol. The van der Waals surface area contributed by atoms with Crippen molar-refractivity contribution in [3.8, 4) is 0 Å². The normalized spacial score (nSPS) is 12.1. The average Bonchev–Trinajstić information content (AvgIpc) is 2.69. The quantitative estimate of drug-likeness (QED) is 0.666. The maximum absolute atomic E-state index is 11.6. The van der Waals surface area contributed by atoms with E-state index >= 15 is 0 Å². The Morgan fingerprint density at radius 2 is 2.38 bits per heavy atom. The summed E-state index contributed by atoms with van der Waals surface area (Å²) in [6.45, 7) is 1.94. The van der Waals surface area contributed by atoms with E-state index in [1.165, 1.54) is 6.20 Å². The molecule has 6 nitrogen and oxygen atoms in total. The number of carboxylic acid groups (broad SMARTS) is 1. The number of aliphatic carboxylic acids is 1. The Kier molecular flexibility index (Phi) is 4.50. The van der Waals surface area contributed by atoms with E-state index in [4.69, 9.17) is 5.11 Å². The minimum Gasteiger partial charge on any atom is -0.481 e. The molecule has 0 aliphatic carbocycles. The molecule has 0 aliphatic heterocycles. The fourth-order valence-corrected chi connectivity index (χ4v) is 1.43. The lowest BCUT2D eigenvalue weighted by atomic mass is 10.1. The molecule has 1 atom stereocenters. The summed E-state index contributed by atoms with van der Waals surface area (Å²) in [5.41, 5.74) is 0.339. The highest BCUT2D eigenvalue weighted by atomic mass is 16.4. The molecule has 3 N–H and O–H groups in total. The molecule has 0 spiro atoms. The van der Waals surface area contributed by atoms with Crippen molar-refractivity contribution in [1.29, 1.82) is 0 Å². The van der Waals surface area contributed by atoms with Crippen LogP contribution < -0.4 is 5.32 Å². The summed E-state index contributed by atoms with van der Waals surface area (Å²) >= 11 is 0. The Morgan fingerprint density at radius 1 is 1.62 bits per heavy atom. The Hall–Kier alpha value is -1.85. The molecule has 0 bridgehead atoms. The summed E-state index contributed by atoms with van der Waals surface area (Å²) in [4.78, 5) is 22.2. The van der Waals surface area contributed by atoms with E-state index in [9.17, 15) is 9.59 Å². The minimum absolute atomic E-state index is 0.0618. The zero-order valence-corrected chi connectivity index (χ0v) is 9.06. The SMILES string of the molecule is CCCC(CC(=O)O)NC(=O)c1ccn[nH]1. The summed E-state index contributed by atoms with van der Waals surface area (Å²) in [5, 5.41) is 17.5. The van der Waals surface area contributed by atoms with E-state index in [0.717, 1.165) is 6.42 Å². The third-order valence-corrected chi connectivity index (χ3v) is 2.14. The Labute approximate surface area is 93.1 Å². The summed E-state index contributed by atoms with van der Waals surface area (Å²) in [7, 11) is 0. The van der Waals surface area contributed by atoms with Gasteiger partial charge in [-0.05, 0) is 12.5 Å². The highest BCUT2D eigenvalue weighted by Gasteiger charge is 2.16. The molecular weight excluding hydrogens is 210 g/mol. The van der Waals surface area contributed by atoms with Crippen LogP contribution in [0.3, 0.4) is 0 Å². The van der Waals surface area contributed by atoms with Gasteiger partial charge in [0.2, 0.25) is 0 Å². The number of amides is 1. The molecule has 1 unspecified atom stereocenters. The molecular formula is C10H15N3O3. The summed E-state index contributed by atoms with van der Waals surface area (Å²) in [5.74, 6) is -1.24. The van der Waals surface area contributed by atoms with Gasteiger partial charge in [-0.1, -0.05) is 13.3 Å². The predicted molar refractivity (Wildman–Crippen MR) is 57.0 cm³/mol. The smallest absolute Gasteiger partial charge is 0.305 e. The third kappa shape index (κ3) is 3.72. The zero-order chi connectivity index (χ0) is 12.0. The monoisotopic (exact) mass is 225 g/mol. The largest absolute Gasteiger partial charge is 0.481 e. The van der Waals surface area contributed by atoms with Gasteiger partial charge >= 0.3 is 5.97 Å². The second-order valence-electron chi connectivity index (χ2n) is 3.53. The molecule has 1 rings (SSSR count). The second-order valence-corrected chi connectivity index (χ2v) is 3.53. The van der Waals surface area contributed by atoms with E-state index in [-0.39, 0.29) is 18.4 Å². The first-order valence-electron chi connectivity index (χ1n) is 5.15. The molecule has 0 fully saturated rings. The number of H-pyrrole nitrogens is 1. The fourth-order valence-electron chi connectivity index (χ4n) is 1.43. The Bertz CT molecular complexity index is 348. The molecule has 1 aromatic rings. The fraction of sp³-hybridized carbons (Fsp3) is 0.500. The molecule has 0 saturated heterocycles. The van der Waals surface area contributed by atoms with E-state index in [1.807, 2.05) is 6.92 Å². The van der Waals surface area contributed by atoms with Crippen molar-refractivity contribution in [2.45, 2.75) is 32.2 Å². The van der Waals surface area contributed by atoms with Crippen LogP contribution in [0.5, 0.6) is 0 Å². The van der Waals surface area contributed by atoms with Crippen LogP contribution in [-0.2, 0) is 4.79 Å². The van der Waals surface area contributed by atoms with Gasteiger partial charge in [-0.3, -0.25) is 14.7 Å². The van der Waals surface area contributed by atoms with E-state index < -0.39 is 5.97 Å². The number of carbonyl (C=O) groups excluding carboxylic acids is 1. The van der Waals surface area contributed by atoms with Crippen molar-refractivity contribution in [3.05, 3.63) is 18.0 Å². The molecule has 0 radical (unpaired) electrons. The van der Waals surface area contributed by atoms with Crippen molar-refractivity contribution in [1.82, 2.24) is 15.5 Å². The van der Waals surface area contributed by atoms with Gasteiger partial charge in [0.15, 0.2) is 0 Å². The van der Waals surface area contributed by atoms with Gasteiger partial charge in [0.25, 0.3) is 5.91 Å². The zero-order valence-electron chi connectivity index (χ0n) is 9.06. The van der Waals surface area contributed by atoms with Gasteiger partial charge in [-0.25, -0.2) is 0 Å². The Morgan fingerprint density at radius 3 is 2.88 bits per heavy atom. The second kappa shape index (κ2) is 5.89. The lowest BCUT2D eigenvalue weighted by Gasteiger charge is -2.15. The maximum Gasteiger partial charge on any atom is 0.305 e. The topological polar surface area (TPSA) is 95.1 Å². The minimum atomic E-state index is -0.914. The van der Waals surface area contributed by atoms with Gasteiger partial charge in [0, 0.05) is 12.2 Å². The van der Waals surface area contributed by atoms with Crippen LogP contribution >= 0.6 is 0 Å². The highest BCUT2D eigenvalue weighted by Crippen LogP contribution is 2.03. The first-order chi connectivity index (χ1) is 7.63. The van der Waals surface area contributed by atoms with Gasteiger partial charge in [-0.2, -0.15) is 5.10 Å². The molecule has 6 heteroatoms. The molecule has 1 aromatic heterocycles. The van der Waals surface area contributed by atoms with Crippen LogP contribution in [0.1, 0.15) is 36.7 Å². The van der Waals surface area contributed by atoms with Crippen molar-refractivity contribution in [2.24, 2.45) is 0 Å². The maximum atomic E-state index is 11.6.